The van der Waals surface area contributed by atoms with Gasteiger partial charge in [-0.2, -0.15) is 5.26 Å². The van der Waals surface area contributed by atoms with Crippen molar-refractivity contribution in [2.75, 3.05) is 6.61 Å². The minimum atomic E-state index is -0.926. The van der Waals surface area contributed by atoms with Crippen LogP contribution >= 0.6 is 11.3 Å². The van der Waals surface area contributed by atoms with Crippen molar-refractivity contribution in [1.82, 2.24) is 0 Å². The summed E-state index contributed by atoms with van der Waals surface area (Å²) in [5.41, 5.74) is 0.889. The maximum Gasteiger partial charge on any atom is 0.124 e. The Bertz CT molecular complexity index is 673. The number of nitriles is 1. The summed E-state index contributed by atoms with van der Waals surface area (Å²) in [6.45, 7) is 2.41. The summed E-state index contributed by atoms with van der Waals surface area (Å²) in [4.78, 5) is 0.864. The summed E-state index contributed by atoms with van der Waals surface area (Å²) in [6.07, 6.45) is -0.323. The van der Waals surface area contributed by atoms with E-state index in [0.717, 1.165) is 16.0 Å². The normalized spacial score (nSPS) is 22.4. The van der Waals surface area contributed by atoms with Gasteiger partial charge in [0.05, 0.1) is 12.7 Å². The number of rotatable bonds is 2. The summed E-state index contributed by atoms with van der Waals surface area (Å²) in [7, 11) is 0. The third kappa shape index (κ3) is 1.82. The predicted octanol–water partition coefficient (Wildman–Crippen LogP) is 3.33. The molecule has 3 rings (SSSR count). The first-order valence-corrected chi connectivity index (χ1v) is 7.42. The Kier molecular flexibility index (Phi) is 3.25. The van der Waals surface area contributed by atoms with E-state index >= 15 is 0 Å². The summed E-state index contributed by atoms with van der Waals surface area (Å²) in [5.74, 6) is 0.702. The second-order valence-corrected chi connectivity index (χ2v) is 6.00. The average molecular weight is 285 g/mol. The number of aryl methyl sites for hydroxylation is 1. The number of benzene rings is 1. The first kappa shape index (κ1) is 13.2. The van der Waals surface area contributed by atoms with Gasteiger partial charge in [-0.05, 0) is 30.0 Å². The van der Waals surface area contributed by atoms with Gasteiger partial charge in [-0.1, -0.05) is 18.2 Å². The summed E-state index contributed by atoms with van der Waals surface area (Å²) in [6, 6.07) is 11.8. The minimum absolute atomic E-state index is 0.450. The van der Waals surface area contributed by atoms with Gasteiger partial charge in [0.25, 0.3) is 0 Å². The molecule has 0 aliphatic carbocycles. The molecule has 0 bridgehead atoms. The van der Waals surface area contributed by atoms with Crippen LogP contribution in [0.15, 0.2) is 35.7 Å². The molecule has 3 nitrogen and oxygen atoms in total. The molecule has 0 spiro atoms. The Hall–Kier alpha value is -1.83. The van der Waals surface area contributed by atoms with Crippen LogP contribution < -0.4 is 4.74 Å². The Balaban J connectivity index is 2.15. The Morgan fingerprint density at radius 1 is 1.40 bits per heavy atom. The van der Waals surface area contributed by atoms with Gasteiger partial charge in [-0.3, -0.25) is 0 Å². The number of hydrogen-bond donors (Lipinski definition) is 1. The monoisotopic (exact) mass is 285 g/mol. The fraction of sp³-hybridized carbons (Fsp3) is 0.312. The van der Waals surface area contributed by atoms with Gasteiger partial charge in [0.2, 0.25) is 0 Å². The van der Waals surface area contributed by atoms with Crippen LogP contribution in [0.4, 0.5) is 0 Å². The van der Waals surface area contributed by atoms with E-state index in [4.69, 9.17) is 4.74 Å². The smallest absolute Gasteiger partial charge is 0.124 e. The summed E-state index contributed by atoms with van der Waals surface area (Å²) in [5, 5.41) is 22.6. The van der Waals surface area contributed by atoms with Gasteiger partial charge in [0.1, 0.15) is 17.3 Å². The predicted molar refractivity (Wildman–Crippen MR) is 77.9 cm³/mol. The summed E-state index contributed by atoms with van der Waals surface area (Å²) < 4.78 is 5.62. The number of hydrogen-bond acceptors (Lipinski definition) is 4. The SMILES string of the molecule is Cc1ccsc1C(O)C1(C#N)CCOc2ccccc21. The number of thiophene rings is 1. The molecule has 20 heavy (non-hydrogen) atoms. The molecular weight excluding hydrogens is 270 g/mol. The van der Waals surface area contributed by atoms with Crippen LogP contribution in [0.5, 0.6) is 5.75 Å². The van der Waals surface area contributed by atoms with Crippen molar-refractivity contribution < 1.29 is 9.84 Å². The molecule has 1 aromatic heterocycles. The highest BCUT2D eigenvalue weighted by atomic mass is 32.1. The van der Waals surface area contributed by atoms with Crippen molar-refractivity contribution in [1.29, 1.82) is 5.26 Å². The third-order valence-electron chi connectivity index (χ3n) is 3.94. The lowest BCUT2D eigenvalue weighted by atomic mass is 9.72. The van der Waals surface area contributed by atoms with Gasteiger partial charge >= 0.3 is 0 Å². The topological polar surface area (TPSA) is 53.2 Å². The average Bonchev–Trinajstić information content (AvgIpc) is 2.92. The highest BCUT2D eigenvalue weighted by Crippen LogP contribution is 2.47. The van der Waals surface area contributed by atoms with E-state index in [1.54, 1.807) is 0 Å². The lowest BCUT2D eigenvalue weighted by Gasteiger charge is -2.36. The molecule has 0 radical (unpaired) electrons. The molecule has 2 aromatic rings. The Morgan fingerprint density at radius 3 is 2.90 bits per heavy atom. The second kappa shape index (κ2) is 4.93. The number of nitrogens with zero attached hydrogens (tertiary/aromatic N) is 1. The van der Waals surface area contributed by atoms with Gasteiger partial charge in [-0.15, -0.1) is 11.3 Å². The number of fused-ring (bicyclic) bond motifs is 1. The number of para-hydroxylation sites is 1. The highest BCUT2D eigenvalue weighted by Gasteiger charge is 2.45. The molecule has 102 valence electrons. The minimum Gasteiger partial charge on any atom is -0.493 e. The molecular formula is C16H15NO2S. The molecule has 0 fully saturated rings. The van der Waals surface area contributed by atoms with Crippen molar-refractivity contribution in [3.63, 3.8) is 0 Å². The maximum absolute atomic E-state index is 10.8. The van der Waals surface area contributed by atoms with Crippen LogP contribution in [0.2, 0.25) is 0 Å². The molecule has 0 saturated heterocycles. The van der Waals surface area contributed by atoms with E-state index < -0.39 is 11.5 Å². The van der Waals surface area contributed by atoms with E-state index in [1.165, 1.54) is 11.3 Å². The van der Waals surface area contributed by atoms with E-state index in [1.807, 2.05) is 42.6 Å². The molecule has 1 aliphatic heterocycles. The quantitative estimate of drug-likeness (QED) is 0.920. The van der Waals surface area contributed by atoms with Crippen LogP contribution in [-0.2, 0) is 5.41 Å². The van der Waals surface area contributed by atoms with Crippen LogP contribution in [0.25, 0.3) is 0 Å². The fourth-order valence-electron chi connectivity index (χ4n) is 2.77. The van der Waals surface area contributed by atoms with Crippen LogP contribution in [-0.4, -0.2) is 11.7 Å². The van der Waals surface area contributed by atoms with Gasteiger partial charge in [0.15, 0.2) is 0 Å². The second-order valence-electron chi connectivity index (χ2n) is 5.05. The molecule has 0 amide bonds. The van der Waals surface area contributed by atoms with E-state index in [2.05, 4.69) is 6.07 Å². The molecule has 1 aromatic carbocycles. The number of aliphatic hydroxyl groups is 1. The lowest BCUT2D eigenvalue weighted by Crippen LogP contribution is -2.37. The van der Waals surface area contributed by atoms with Crippen molar-refractivity contribution in [2.45, 2.75) is 24.9 Å². The highest BCUT2D eigenvalue weighted by molar-refractivity contribution is 7.10. The molecule has 2 heterocycles. The van der Waals surface area contributed by atoms with Crippen molar-refractivity contribution >= 4 is 11.3 Å². The Morgan fingerprint density at radius 2 is 2.20 bits per heavy atom. The number of ether oxygens (including phenoxy) is 1. The van der Waals surface area contributed by atoms with Crippen molar-refractivity contribution in [3.05, 3.63) is 51.7 Å². The standard InChI is InChI=1S/C16H15NO2S/c1-11-6-9-20-14(11)15(18)16(10-17)7-8-19-13-5-3-2-4-12(13)16/h2-6,9,15,18H,7-8H2,1H3. The van der Waals surface area contributed by atoms with E-state index in [9.17, 15) is 10.4 Å². The van der Waals surface area contributed by atoms with Crippen molar-refractivity contribution in [3.8, 4) is 11.8 Å². The lowest BCUT2D eigenvalue weighted by molar-refractivity contribution is 0.0830. The molecule has 0 saturated carbocycles. The van der Waals surface area contributed by atoms with Crippen LogP contribution in [0.1, 0.15) is 28.5 Å². The largest absolute Gasteiger partial charge is 0.493 e. The zero-order valence-electron chi connectivity index (χ0n) is 11.2. The summed E-state index contributed by atoms with van der Waals surface area (Å²) >= 11 is 1.50. The molecule has 4 heteroatoms. The molecule has 1 aliphatic rings. The molecule has 2 unspecified atom stereocenters. The zero-order chi connectivity index (χ0) is 14.2. The third-order valence-corrected chi connectivity index (χ3v) is 5.01. The zero-order valence-corrected chi connectivity index (χ0v) is 12.0. The van der Waals surface area contributed by atoms with Gasteiger partial charge in [-0.25, -0.2) is 0 Å². The first-order valence-electron chi connectivity index (χ1n) is 6.54. The molecule has 1 N–H and O–H groups in total. The van der Waals surface area contributed by atoms with E-state index in [0.29, 0.717) is 18.8 Å². The first-order chi connectivity index (χ1) is 9.69. The maximum atomic E-state index is 10.8. The van der Waals surface area contributed by atoms with Crippen molar-refractivity contribution in [2.24, 2.45) is 0 Å². The van der Waals surface area contributed by atoms with Crippen LogP contribution in [0.3, 0.4) is 0 Å². The number of aliphatic hydroxyl groups excluding tert-OH is 1. The van der Waals surface area contributed by atoms with Crippen LogP contribution in [0, 0.1) is 18.3 Å². The fourth-order valence-corrected chi connectivity index (χ4v) is 3.77. The Labute approximate surface area is 122 Å². The van der Waals surface area contributed by atoms with Gasteiger partial charge in [0, 0.05) is 16.9 Å². The molecule has 2 atom stereocenters. The van der Waals surface area contributed by atoms with E-state index in [-0.39, 0.29) is 0 Å². The van der Waals surface area contributed by atoms with Gasteiger partial charge < -0.3 is 9.84 Å².